The predicted molar refractivity (Wildman–Crippen MR) is 142 cm³/mol. The van der Waals surface area contributed by atoms with Crippen molar-refractivity contribution in [3.63, 3.8) is 0 Å². The van der Waals surface area contributed by atoms with Crippen molar-refractivity contribution in [3.8, 4) is 0 Å². The number of benzene rings is 1. The molecule has 2 aliphatic rings. The summed E-state index contributed by atoms with van der Waals surface area (Å²) in [5.41, 5.74) is 0.337. The Hall–Kier alpha value is -1.70. The third-order valence-corrected chi connectivity index (χ3v) is 13.1. The van der Waals surface area contributed by atoms with Crippen LogP contribution in [-0.2, 0) is 14.0 Å². The summed E-state index contributed by atoms with van der Waals surface area (Å²) in [5.74, 6) is -1.69. The number of β-lactam (4-membered cyclic amide) rings is 1. The van der Waals surface area contributed by atoms with E-state index < -0.39 is 20.2 Å². The third kappa shape index (κ3) is 5.83. The van der Waals surface area contributed by atoms with Crippen LogP contribution in [0.25, 0.3) is 0 Å². The molecule has 0 spiro atoms. The van der Waals surface area contributed by atoms with Crippen LogP contribution < -0.4 is 5.32 Å². The first-order valence-corrected chi connectivity index (χ1v) is 16.1. The lowest BCUT2D eigenvalue weighted by Crippen LogP contribution is -2.68. The van der Waals surface area contributed by atoms with E-state index in [4.69, 9.17) is 16.0 Å². The van der Waals surface area contributed by atoms with Crippen LogP contribution in [0.15, 0.2) is 24.3 Å². The van der Waals surface area contributed by atoms with Crippen LogP contribution in [0, 0.1) is 11.8 Å². The standard InChI is InChI=1S/C27H41ClN2O4Si/c1-17(23-22(24(31)29-23)18(2)34-35(6,7)27(3,4)5)25(32)30(19-13-9-8-10-14-19)26(33)20-15-11-12-16-21(20)28/h11-12,15-19,22-23H,8-10,13-14H2,1-7H3,(H,29,31)/t17-,18-,22-,23-/m1/s1. The monoisotopic (exact) mass is 520 g/mol. The van der Waals surface area contributed by atoms with Gasteiger partial charge in [-0.3, -0.25) is 19.3 Å². The summed E-state index contributed by atoms with van der Waals surface area (Å²) in [6.07, 6.45) is 4.35. The molecule has 2 fully saturated rings. The number of nitrogens with zero attached hydrogens (tertiary/aromatic N) is 1. The van der Waals surface area contributed by atoms with Crippen LogP contribution in [0.4, 0.5) is 0 Å². The molecule has 0 unspecified atom stereocenters. The maximum absolute atomic E-state index is 13.9. The summed E-state index contributed by atoms with van der Waals surface area (Å²) >= 11 is 6.34. The van der Waals surface area contributed by atoms with Crippen LogP contribution in [0.3, 0.4) is 0 Å². The molecule has 1 aliphatic carbocycles. The van der Waals surface area contributed by atoms with Gasteiger partial charge in [0.2, 0.25) is 11.8 Å². The first-order valence-electron chi connectivity index (χ1n) is 12.9. The number of rotatable bonds is 7. The number of carbonyl (C=O) groups is 3. The molecule has 1 aromatic rings. The van der Waals surface area contributed by atoms with E-state index in [0.717, 1.165) is 32.1 Å². The van der Waals surface area contributed by atoms with Crippen molar-refractivity contribution in [1.29, 1.82) is 0 Å². The van der Waals surface area contributed by atoms with E-state index in [-0.39, 0.29) is 40.9 Å². The summed E-state index contributed by atoms with van der Waals surface area (Å²) in [6.45, 7) is 14.6. The van der Waals surface area contributed by atoms with Crippen molar-refractivity contribution in [2.45, 2.75) is 103 Å². The SMILES string of the molecule is C[C@@H](O[Si](C)(C)C(C)(C)C)[C@H]1C(=O)N[C@@H]1[C@@H](C)C(=O)N(C(=O)c1ccccc1Cl)C1CCCCC1. The molecular weight excluding hydrogens is 480 g/mol. The van der Waals surface area contributed by atoms with Gasteiger partial charge in [-0.15, -0.1) is 0 Å². The zero-order valence-corrected chi connectivity index (χ0v) is 23.9. The van der Waals surface area contributed by atoms with Gasteiger partial charge in [0.25, 0.3) is 5.91 Å². The Morgan fingerprint density at radius 3 is 2.26 bits per heavy atom. The Balaban J connectivity index is 1.84. The number of amides is 3. The maximum Gasteiger partial charge on any atom is 0.262 e. The average molecular weight is 521 g/mol. The van der Waals surface area contributed by atoms with Gasteiger partial charge >= 0.3 is 0 Å². The van der Waals surface area contributed by atoms with Crippen molar-refractivity contribution in [2.24, 2.45) is 11.8 Å². The molecule has 0 radical (unpaired) electrons. The van der Waals surface area contributed by atoms with E-state index in [1.54, 1.807) is 24.3 Å². The van der Waals surface area contributed by atoms with Gasteiger partial charge in [-0.1, -0.05) is 70.7 Å². The lowest BCUT2D eigenvalue weighted by atomic mass is 9.78. The molecule has 8 heteroatoms. The summed E-state index contributed by atoms with van der Waals surface area (Å²) in [4.78, 5) is 41.6. The fourth-order valence-corrected chi connectivity index (χ4v) is 6.64. The highest BCUT2D eigenvalue weighted by molar-refractivity contribution is 6.74. The lowest BCUT2D eigenvalue weighted by molar-refractivity contribution is -0.147. The molecule has 1 heterocycles. The number of hydrogen-bond donors (Lipinski definition) is 1. The Bertz CT molecular complexity index is 955. The molecule has 0 aromatic heterocycles. The largest absolute Gasteiger partial charge is 0.413 e. The Morgan fingerprint density at radius 1 is 1.11 bits per heavy atom. The molecule has 4 atom stereocenters. The highest BCUT2D eigenvalue weighted by atomic mass is 35.5. The molecule has 194 valence electrons. The minimum atomic E-state index is -2.10. The molecule has 1 N–H and O–H groups in total. The van der Waals surface area contributed by atoms with Gasteiger partial charge in [-0.05, 0) is 50.0 Å². The van der Waals surface area contributed by atoms with Crippen molar-refractivity contribution in [1.82, 2.24) is 10.2 Å². The van der Waals surface area contributed by atoms with E-state index >= 15 is 0 Å². The van der Waals surface area contributed by atoms with Gasteiger partial charge in [-0.2, -0.15) is 0 Å². The van der Waals surface area contributed by atoms with Crippen LogP contribution >= 0.6 is 11.6 Å². The van der Waals surface area contributed by atoms with Gasteiger partial charge in [0.15, 0.2) is 8.32 Å². The normalized spacial score (nSPS) is 23.1. The van der Waals surface area contributed by atoms with E-state index in [1.165, 1.54) is 4.90 Å². The van der Waals surface area contributed by atoms with Gasteiger partial charge < -0.3 is 9.74 Å². The highest BCUT2D eigenvalue weighted by Crippen LogP contribution is 2.40. The molecular formula is C27H41ClN2O4Si. The number of nitrogens with one attached hydrogen (secondary N) is 1. The Morgan fingerprint density at radius 2 is 1.71 bits per heavy atom. The van der Waals surface area contributed by atoms with Crippen LogP contribution in [-0.4, -0.2) is 49.1 Å². The van der Waals surface area contributed by atoms with Crippen LogP contribution in [0.2, 0.25) is 23.2 Å². The van der Waals surface area contributed by atoms with E-state index in [0.29, 0.717) is 10.6 Å². The van der Waals surface area contributed by atoms with Gasteiger partial charge in [-0.25, -0.2) is 0 Å². The fraction of sp³-hybridized carbons (Fsp3) is 0.667. The highest BCUT2D eigenvalue weighted by Gasteiger charge is 2.51. The second-order valence-corrected chi connectivity index (χ2v) is 16.9. The molecule has 1 aliphatic heterocycles. The molecule has 35 heavy (non-hydrogen) atoms. The van der Waals surface area contributed by atoms with Gasteiger partial charge in [0, 0.05) is 6.04 Å². The Kier molecular flexibility index (Phi) is 8.55. The second kappa shape index (κ2) is 10.7. The van der Waals surface area contributed by atoms with Crippen molar-refractivity contribution < 1.29 is 18.8 Å². The van der Waals surface area contributed by atoms with Crippen LogP contribution in [0.5, 0.6) is 0 Å². The first kappa shape index (κ1) is 27.9. The van der Waals surface area contributed by atoms with Crippen LogP contribution in [0.1, 0.15) is 77.1 Å². The van der Waals surface area contributed by atoms with E-state index in [1.807, 2.05) is 13.8 Å². The quantitative estimate of drug-likeness (QED) is 0.364. The minimum Gasteiger partial charge on any atom is -0.413 e. The Labute approximate surface area is 216 Å². The number of imide groups is 1. The van der Waals surface area contributed by atoms with E-state index in [2.05, 4.69) is 39.2 Å². The maximum atomic E-state index is 13.9. The molecule has 1 saturated heterocycles. The molecule has 1 saturated carbocycles. The summed E-state index contributed by atoms with van der Waals surface area (Å²) in [6, 6.07) is 6.34. The molecule has 3 rings (SSSR count). The molecule has 6 nitrogen and oxygen atoms in total. The first-order chi connectivity index (χ1) is 16.3. The van der Waals surface area contributed by atoms with Gasteiger partial charge in [0.1, 0.15) is 0 Å². The third-order valence-electron chi connectivity index (χ3n) is 8.22. The second-order valence-electron chi connectivity index (χ2n) is 11.7. The predicted octanol–water partition coefficient (Wildman–Crippen LogP) is 5.80. The number of carbonyl (C=O) groups excluding carboxylic acids is 3. The smallest absolute Gasteiger partial charge is 0.262 e. The molecule has 1 aromatic carbocycles. The van der Waals surface area contributed by atoms with Crippen molar-refractivity contribution in [3.05, 3.63) is 34.9 Å². The average Bonchev–Trinajstić information content (AvgIpc) is 2.76. The summed E-state index contributed by atoms with van der Waals surface area (Å²) in [7, 11) is -2.10. The lowest BCUT2D eigenvalue weighted by Gasteiger charge is -2.47. The fourth-order valence-electron chi connectivity index (χ4n) is 5.00. The zero-order valence-electron chi connectivity index (χ0n) is 22.2. The number of halogens is 1. The minimum absolute atomic E-state index is 0.0115. The topological polar surface area (TPSA) is 75.7 Å². The summed E-state index contributed by atoms with van der Waals surface area (Å²) < 4.78 is 6.51. The van der Waals surface area contributed by atoms with Crippen molar-refractivity contribution in [2.75, 3.05) is 0 Å². The summed E-state index contributed by atoms with van der Waals surface area (Å²) in [5, 5.41) is 3.29. The molecule has 0 bridgehead atoms. The molecule has 3 amide bonds. The van der Waals surface area contributed by atoms with Crippen molar-refractivity contribution >= 4 is 37.6 Å². The number of hydrogen-bond acceptors (Lipinski definition) is 4. The zero-order chi connectivity index (χ0) is 26.1. The van der Waals surface area contributed by atoms with Gasteiger partial charge in [0.05, 0.1) is 34.6 Å². The van der Waals surface area contributed by atoms with E-state index in [9.17, 15) is 14.4 Å².